The predicted molar refractivity (Wildman–Crippen MR) is 142 cm³/mol. The molecule has 0 atom stereocenters. The summed E-state index contributed by atoms with van der Waals surface area (Å²) in [7, 11) is -5.77. The number of halogens is 4. The van der Waals surface area contributed by atoms with E-state index in [0.717, 1.165) is 0 Å². The second-order valence-corrected chi connectivity index (χ2v) is 10.9. The third-order valence-corrected chi connectivity index (χ3v) is 8.14. The molecule has 0 nitrogen and oxygen atoms in total. The van der Waals surface area contributed by atoms with Gasteiger partial charge >= 0.3 is 7.25 Å². The van der Waals surface area contributed by atoms with Crippen molar-refractivity contribution >= 4 is 18.1 Å². The second-order valence-electron chi connectivity index (χ2n) is 8.81. The van der Waals surface area contributed by atoms with Crippen LogP contribution in [0.3, 0.4) is 0 Å². The third kappa shape index (κ3) is 18.0. The van der Waals surface area contributed by atoms with Crippen molar-refractivity contribution in [1.29, 1.82) is 0 Å². The van der Waals surface area contributed by atoms with Gasteiger partial charge in [0.1, 0.15) is 5.75 Å². The van der Waals surface area contributed by atoms with E-state index in [0.29, 0.717) is 0 Å². The summed E-state index contributed by atoms with van der Waals surface area (Å²) in [6, 6.07) is 22.2. The first-order chi connectivity index (χ1) is 16.4. The van der Waals surface area contributed by atoms with Gasteiger partial charge in [-0.25, -0.2) is 0 Å². The van der Waals surface area contributed by atoms with Gasteiger partial charge in [-0.1, -0.05) is 120 Å². The van der Waals surface area contributed by atoms with Crippen molar-refractivity contribution in [1.82, 2.24) is 0 Å². The van der Waals surface area contributed by atoms with Crippen LogP contribution in [0.2, 0.25) is 0 Å². The van der Waals surface area contributed by atoms with Crippen molar-refractivity contribution < 1.29 is 17.3 Å². The molecule has 2 rings (SSSR count). The molecular formula is C28H43BF4S. The summed E-state index contributed by atoms with van der Waals surface area (Å²) in [6.07, 6.45) is 20.0. The molecule has 34 heavy (non-hydrogen) atoms. The van der Waals surface area contributed by atoms with Crippen LogP contribution in [-0.2, 0) is 10.9 Å². The molecule has 0 unspecified atom stereocenters. The topological polar surface area (TPSA) is 0 Å². The maximum atomic E-state index is 9.75. The molecular weight excluding hydrogens is 455 g/mol. The smallest absolute Gasteiger partial charge is 0.418 e. The van der Waals surface area contributed by atoms with Gasteiger partial charge in [-0.3, -0.25) is 0 Å². The molecule has 0 fully saturated rings. The molecule has 0 radical (unpaired) electrons. The third-order valence-electron chi connectivity index (χ3n) is 5.76. The summed E-state index contributed by atoms with van der Waals surface area (Å²) in [5, 5.41) is 0. The fourth-order valence-corrected chi connectivity index (χ4v) is 6.19. The highest BCUT2D eigenvalue weighted by molar-refractivity contribution is 7.97. The molecule has 0 saturated carbocycles. The van der Waals surface area contributed by atoms with Crippen molar-refractivity contribution in [3.05, 3.63) is 60.7 Å². The minimum absolute atomic E-state index is 0.233. The number of unbranched alkanes of at least 4 members (excludes halogenated alkanes) is 13. The molecule has 0 amide bonds. The maximum absolute atomic E-state index is 9.75. The summed E-state index contributed by atoms with van der Waals surface area (Å²) in [5.74, 6) is 1.30. The average molecular weight is 499 g/mol. The zero-order chi connectivity index (χ0) is 24.9. The van der Waals surface area contributed by atoms with Crippen molar-refractivity contribution in [2.45, 2.75) is 107 Å². The van der Waals surface area contributed by atoms with Crippen LogP contribution >= 0.6 is 0 Å². The average Bonchev–Trinajstić information content (AvgIpc) is 2.82. The maximum Gasteiger partial charge on any atom is 0.673 e. The van der Waals surface area contributed by atoms with E-state index in [1.165, 1.54) is 105 Å². The lowest BCUT2D eigenvalue weighted by molar-refractivity contribution is 0.368. The Morgan fingerprint density at radius 3 is 1.12 bits per heavy atom. The van der Waals surface area contributed by atoms with Gasteiger partial charge in [-0.15, -0.1) is 0 Å². The Bertz CT molecular complexity index is 649. The Morgan fingerprint density at radius 1 is 0.500 bits per heavy atom. The van der Waals surface area contributed by atoms with E-state index in [1.54, 1.807) is 0 Å². The molecule has 2 aromatic rings. The highest BCUT2D eigenvalue weighted by atomic mass is 32.2. The van der Waals surface area contributed by atoms with Crippen LogP contribution in [0, 0.1) is 0 Å². The lowest BCUT2D eigenvalue weighted by Crippen LogP contribution is -2.08. The van der Waals surface area contributed by atoms with Crippen molar-refractivity contribution in [2.75, 3.05) is 5.75 Å². The molecule has 0 heterocycles. The SMILES string of the molecule is CCCCCCCCCCCCCCCC[S+](c1ccccc1)c1ccccc1.F[B-](F)(F)F. The Labute approximate surface area is 208 Å². The molecule has 0 bridgehead atoms. The van der Waals surface area contributed by atoms with Gasteiger partial charge in [0.05, 0.1) is 10.9 Å². The lowest BCUT2D eigenvalue weighted by Gasteiger charge is -2.08. The van der Waals surface area contributed by atoms with E-state index in [-0.39, 0.29) is 10.9 Å². The fourth-order valence-electron chi connectivity index (χ4n) is 3.98. The number of hydrogen-bond acceptors (Lipinski definition) is 0. The zero-order valence-electron chi connectivity index (χ0n) is 20.9. The van der Waals surface area contributed by atoms with Crippen LogP contribution in [-0.4, -0.2) is 13.0 Å². The highest BCUT2D eigenvalue weighted by Gasteiger charge is 2.24. The first-order valence-electron chi connectivity index (χ1n) is 13.1. The van der Waals surface area contributed by atoms with Crippen LogP contribution in [0.15, 0.2) is 70.5 Å². The molecule has 0 aliphatic carbocycles. The molecule has 0 N–H and O–H groups in total. The Morgan fingerprint density at radius 2 is 0.794 bits per heavy atom. The van der Waals surface area contributed by atoms with Gasteiger partial charge in [0.2, 0.25) is 0 Å². The minimum atomic E-state index is -6.00. The molecule has 2 aromatic carbocycles. The van der Waals surface area contributed by atoms with Crippen LogP contribution in [0.4, 0.5) is 17.3 Å². The van der Waals surface area contributed by atoms with Crippen molar-refractivity contribution in [3.8, 4) is 0 Å². The predicted octanol–water partition coefficient (Wildman–Crippen LogP) is 10.5. The van der Waals surface area contributed by atoms with Gasteiger partial charge in [0.15, 0.2) is 9.79 Å². The number of rotatable bonds is 17. The summed E-state index contributed by atoms with van der Waals surface area (Å²) in [4.78, 5) is 2.99. The van der Waals surface area contributed by atoms with Crippen molar-refractivity contribution in [3.63, 3.8) is 0 Å². The Balaban J connectivity index is 0.00000104. The first kappa shape index (κ1) is 30.6. The molecule has 6 heteroatoms. The van der Waals surface area contributed by atoms with Gasteiger partial charge in [-0.2, -0.15) is 0 Å². The Kier molecular flexibility index (Phi) is 17.9. The molecule has 0 aromatic heterocycles. The van der Waals surface area contributed by atoms with Crippen molar-refractivity contribution in [2.24, 2.45) is 0 Å². The summed E-state index contributed by atoms with van der Waals surface area (Å²) in [5.41, 5.74) is 0. The van der Waals surface area contributed by atoms with Gasteiger partial charge < -0.3 is 17.3 Å². The van der Waals surface area contributed by atoms with E-state index in [1.807, 2.05) is 0 Å². The van der Waals surface area contributed by atoms with E-state index >= 15 is 0 Å². The van der Waals surface area contributed by atoms with E-state index < -0.39 is 7.25 Å². The lowest BCUT2D eigenvalue weighted by atomic mass is 10.0. The summed E-state index contributed by atoms with van der Waals surface area (Å²) < 4.78 is 39.0. The molecule has 0 aliphatic rings. The van der Waals surface area contributed by atoms with Crippen LogP contribution < -0.4 is 0 Å². The quantitative estimate of drug-likeness (QED) is 0.0881. The normalized spacial score (nSPS) is 11.4. The Hall–Kier alpha value is -1.43. The van der Waals surface area contributed by atoms with E-state index in [4.69, 9.17) is 0 Å². The zero-order valence-corrected chi connectivity index (χ0v) is 21.7. The number of hydrogen-bond donors (Lipinski definition) is 0. The largest absolute Gasteiger partial charge is 0.673 e. The molecule has 0 aliphatic heterocycles. The summed E-state index contributed by atoms with van der Waals surface area (Å²) in [6.45, 7) is 2.30. The van der Waals surface area contributed by atoms with Gasteiger partial charge in [0.25, 0.3) is 0 Å². The van der Waals surface area contributed by atoms with Crippen LogP contribution in [0.1, 0.15) is 96.8 Å². The van der Waals surface area contributed by atoms with E-state index in [2.05, 4.69) is 67.6 Å². The van der Waals surface area contributed by atoms with Crippen LogP contribution in [0.25, 0.3) is 0 Å². The first-order valence-corrected chi connectivity index (χ1v) is 14.5. The molecule has 0 spiro atoms. The minimum Gasteiger partial charge on any atom is -0.418 e. The number of benzene rings is 2. The molecule has 0 saturated heterocycles. The van der Waals surface area contributed by atoms with Gasteiger partial charge in [0, 0.05) is 0 Å². The van der Waals surface area contributed by atoms with Gasteiger partial charge in [-0.05, 0) is 37.1 Å². The van der Waals surface area contributed by atoms with Crippen LogP contribution in [0.5, 0.6) is 0 Å². The molecule has 192 valence electrons. The van der Waals surface area contributed by atoms with E-state index in [9.17, 15) is 17.3 Å². The summed E-state index contributed by atoms with van der Waals surface area (Å²) >= 11 is 0. The monoisotopic (exact) mass is 498 g/mol. The second kappa shape index (κ2) is 19.8. The standard InChI is InChI=1S/C28H43S.BF4/c1-2-3-4-5-6-7-8-9-10-11-12-13-14-21-26-29(27-22-17-15-18-23-27)28-24-19-16-20-25-28;2-1(3,4)5/h15-20,22-25H,2-14,21,26H2,1H3;/q+1;-1. The highest BCUT2D eigenvalue weighted by Crippen LogP contribution is 2.25. The fraction of sp³-hybridized carbons (Fsp3) is 0.571.